The minimum atomic E-state index is -1.17. The van der Waals surface area contributed by atoms with Crippen LogP contribution in [0.25, 0.3) is 0 Å². The molecular formula is C35H40ClN3O4. The minimum absolute atomic E-state index is 0.167. The minimum Gasteiger partial charge on any atom is -0.444 e. The summed E-state index contributed by atoms with van der Waals surface area (Å²) in [6.07, 6.45) is 5.31. The van der Waals surface area contributed by atoms with Gasteiger partial charge in [-0.15, -0.1) is 6.42 Å². The van der Waals surface area contributed by atoms with Crippen molar-refractivity contribution in [1.82, 2.24) is 10.2 Å². The predicted octanol–water partition coefficient (Wildman–Crippen LogP) is 7.07. The lowest BCUT2D eigenvalue weighted by molar-refractivity contribution is -0.146. The average molecular weight is 602 g/mol. The Balaban J connectivity index is 2.18. The maximum atomic E-state index is 14.7. The number of terminal acetylenes is 1. The van der Waals surface area contributed by atoms with Gasteiger partial charge in [0.15, 0.2) is 0 Å². The summed E-state index contributed by atoms with van der Waals surface area (Å²) in [6.45, 7) is 12.6. The number of nitrogens with zero attached hydrogens (tertiary/aromatic N) is 1. The van der Waals surface area contributed by atoms with Gasteiger partial charge in [-0.05, 0) is 77.3 Å². The Hall–Kier alpha value is -4.28. The van der Waals surface area contributed by atoms with Crippen LogP contribution in [0.1, 0.15) is 69.8 Å². The van der Waals surface area contributed by atoms with Gasteiger partial charge in [0, 0.05) is 17.5 Å². The van der Waals surface area contributed by atoms with E-state index in [1.54, 1.807) is 57.2 Å². The quantitative estimate of drug-likeness (QED) is 0.270. The lowest BCUT2D eigenvalue weighted by Crippen LogP contribution is -2.58. The molecule has 0 saturated carbocycles. The molecule has 2 atom stereocenters. The molecule has 0 aromatic heterocycles. The second kappa shape index (κ2) is 13.8. The van der Waals surface area contributed by atoms with Crippen LogP contribution in [-0.4, -0.2) is 40.0 Å². The molecule has 7 nitrogen and oxygen atoms in total. The third kappa shape index (κ3) is 8.86. The number of hydrogen-bond acceptors (Lipinski definition) is 4. The van der Waals surface area contributed by atoms with Crippen LogP contribution in [-0.2, 0) is 20.7 Å². The van der Waals surface area contributed by atoms with E-state index < -0.39 is 41.1 Å². The molecule has 3 amide bonds. The largest absolute Gasteiger partial charge is 0.444 e. The number of para-hydroxylation sites is 1. The van der Waals surface area contributed by atoms with Gasteiger partial charge in [0.2, 0.25) is 5.91 Å². The summed E-state index contributed by atoms with van der Waals surface area (Å²) in [4.78, 5) is 43.5. The summed E-state index contributed by atoms with van der Waals surface area (Å²) in [5, 5.41) is 6.08. The molecule has 0 aliphatic carbocycles. The van der Waals surface area contributed by atoms with Crippen LogP contribution >= 0.6 is 11.6 Å². The van der Waals surface area contributed by atoms with E-state index in [1.165, 1.54) is 4.90 Å². The van der Waals surface area contributed by atoms with Crippen LogP contribution in [0, 0.1) is 19.3 Å². The number of benzene rings is 3. The fourth-order valence-corrected chi connectivity index (χ4v) is 5.03. The van der Waals surface area contributed by atoms with Gasteiger partial charge in [0.1, 0.15) is 17.7 Å². The van der Waals surface area contributed by atoms with Crippen LogP contribution in [0.4, 0.5) is 10.5 Å². The summed E-state index contributed by atoms with van der Waals surface area (Å²) < 4.78 is 5.51. The van der Waals surface area contributed by atoms with Crippen molar-refractivity contribution in [3.8, 4) is 12.3 Å². The first-order chi connectivity index (χ1) is 20.1. The van der Waals surface area contributed by atoms with Crippen molar-refractivity contribution < 1.29 is 19.1 Å². The molecule has 3 aromatic carbocycles. The Morgan fingerprint density at radius 2 is 1.56 bits per heavy atom. The van der Waals surface area contributed by atoms with E-state index >= 15 is 0 Å². The second-order valence-corrected chi connectivity index (χ2v) is 12.7. The third-order valence-corrected chi connectivity index (χ3v) is 6.93. The van der Waals surface area contributed by atoms with Crippen molar-refractivity contribution in [3.05, 3.63) is 100 Å². The molecule has 226 valence electrons. The van der Waals surface area contributed by atoms with E-state index in [0.29, 0.717) is 21.8 Å². The number of aryl methyl sites for hydroxylation is 1. The van der Waals surface area contributed by atoms with Crippen LogP contribution in [0.2, 0.25) is 5.02 Å². The zero-order valence-corrected chi connectivity index (χ0v) is 26.6. The van der Waals surface area contributed by atoms with Crippen molar-refractivity contribution in [2.24, 2.45) is 0 Å². The topological polar surface area (TPSA) is 87.7 Å². The number of carbonyl (C=O) groups is 3. The number of alkyl carbamates (subject to hydrolysis) is 1. The molecule has 0 bridgehead atoms. The van der Waals surface area contributed by atoms with Gasteiger partial charge >= 0.3 is 6.09 Å². The van der Waals surface area contributed by atoms with Crippen molar-refractivity contribution in [2.75, 3.05) is 5.32 Å². The summed E-state index contributed by atoms with van der Waals surface area (Å²) in [5.41, 5.74) is 1.25. The van der Waals surface area contributed by atoms with Gasteiger partial charge in [-0.3, -0.25) is 9.59 Å². The van der Waals surface area contributed by atoms with Crippen LogP contribution in [0.3, 0.4) is 0 Å². The highest BCUT2D eigenvalue weighted by atomic mass is 35.5. The Labute approximate surface area is 260 Å². The first kappa shape index (κ1) is 33.2. The molecule has 8 heteroatoms. The molecule has 0 fully saturated rings. The van der Waals surface area contributed by atoms with E-state index in [9.17, 15) is 14.4 Å². The van der Waals surface area contributed by atoms with E-state index in [1.807, 2.05) is 64.1 Å². The zero-order chi connectivity index (χ0) is 31.9. The molecule has 0 spiro atoms. The molecular weight excluding hydrogens is 562 g/mol. The van der Waals surface area contributed by atoms with E-state index in [2.05, 4.69) is 16.6 Å². The highest BCUT2D eigenvalue weighted by molar-refractivity contribution is 6.34. The molecule has 3 rings (SSSR count). The number of amides is 3. The van der Waals surface area contributed by atoms with Crippen molar-refractivity contribution in [2.45, 2.75) is 78.1 Å². The summed E-state index contributed by atoms with van der Waals surface area (Å²) in [7, 11) is 0. The molecule has 2 unspecified atom stereocenters. The van der Waals surface area contributed by atoms with Crippen molar-refractivity contribution in [1.29, 1.82) is 0 Å². The molecule has 0 heterocycles. The van der Waals surface area contributed by atoms with Crippen molar-refractivity contribution in [3.63, 3.8) is 0 Å². The van der Waals surface area contributed by atoms with Gasteiger partial charge < -0.3 is 20.3 Å². The van der Waals surface area contributed by atoms with E-state index in [-0.39, 0.29) is 6.42 Å². The Morgan fingerprint density at radius 1 is 0.930 bits per heavy atom. The highest BCUT2D eigenvalue weighted by Gasteiger charge is 2.43. The van der Waals surface area contributed by atoms with Crippen LogP contribution in [0.15, 0.2) is 72.8 Å². The molecule has 2 N–H and O–H groups in total. The van der Waals surface area contributed by atoms with Gasteiger partial charge in [-0.1, -0.05) is 78.2 Å². The molecule has 0 aliphatic rings. The summed E-state index contributed by atoms with van der Waals surface area (Å²) in [5.74, 6) is 1.67. The first-order valence-electron chi connectivity index (χ1n) is 14.1. The molecule has 0 saturated heterocycles. The second-order valence-electron chi connectivity index (χ2n) is 12.3. The Bertz CT molecular complexity index is 1480. The Morgan fingerprint density at radius 3 is 2.14 bits per heavy atom. The Kier molecular flexibility index (Phi) is 10.7. The van der Waals surface area contributed by atoms with Gasteiger partial charge in [-0.25, -0.2) is 4.79 Å². The van der Waals surface area contributed by atoms with E-state index in [4.69, 9.17) is 22.8 Å². The van der Waals surface area contributed by atoms with E-state index in [0.717, 1.165) is 11.1 Å². The summed E-state index contributed by atoms with van der Waals surface area (Å²) >= 11 is 6.48. The fraction of sp³-hybridized carbons (Fsp3) is 0.343. The van der Waals surface area contributed by atoms with Crippen LogP contribution in [0.5, 0.6) is 0 Å². The smallest absolute Gasteiger partial charge is 0.408 e. The number of hydrogen-bond donors (Lipinski definition) is 2. The maximum absolute atomic E-state index is 14.7. The number of nitrogens with one attached hydrogen (secondary N) is 2. The predicted molar refractivity (Wildman–Crippen MR) is 172 cm³/mol. The zero-order valence-electron chi connectivity index (χ0n) is 25.8. The lowest BCUT2D eigenvalue weighted by Gasteiger charge is -2.43. The first-order valence-corrected chi connectivity index (χ1v) is 14.5. The normalized spacial score (nSPS) is 12.8. The monoisotopic (exact) mass is 601 g/mol. The van der Waals surface area contributed by atoms with Gasteiger partial charge in [0.25, 0.3) is 5.91 Å². The third-order valence-electron chi connectivity index (χ3n) is 6.62. The van der Waals surface area contributed by atoms with Crippen LogP contribution < -0.4 is 10.6 Å². The molecule has 43 heavy (non-hydrogen) atoms. The SMILES string of the molecule is C#Cc1ccccc1C(C(=O)Nc1c(C)cccc1Cl)N(C(=O)C(Cc1ccccc1)NC(=O)OC(C)(C)C)C(C)(C)C. The van der Waals surface area contributed by atoms with Crippen molar-refractivity contribution >= 4 is 35.2 Å². The maximum Gasteiger partial charge on any atom is 0.408 e. The number of ether oxygens (including phenoxy) is 1. The molecule has 0 aliphatic heterocycles. The number of halogens is 1. The lowest BCUT2D eigenvalue weighted by atomic mass is 9.91. The average Bonchev–Trinajstić information content (AvgIpc) is 2.92. The molecule has 3 aromatic rings. The summed E-state index contributed by atoms with van der Waals surface area (Å²) in [6, 6.07) is 19.4. The van der Waals surface area contributed by atoms with Gasteiger partial charge in [-0.2, -0.15) is 0 Å². The number of anilines is 1. The number of rotatable bonds is 8. The molecule has 0 radical (unpaired) electrons. The highest BCUT2D eigenvalue weighted by Crippen LogP contribution is 2.34. The number of carbonyl (C=O) groups excluding carboxylic acids is 3. The van der Waals surface area contributed by atoms with Gasteiger partial charge in [0.05, 0.1) is 10.7 Å². The standard InChI is InChI=1S/C35H40ClN3O4/c1-9-25-19-13-14-20-26(25)30(31(40)38-29-23(2)16-15-21-27(29)36)39(34(3,4)5)32(41)28(22-24-17-11-10-12-18-24)37-33(42)43-35(6,7)8/h1,10-21,28,30H,22H2,2-8H3,(H,37,42)(H,38,40). The fourth-order valence-electron chi connectivity index (χ4n) is 4.76.